The van der Waals surface area contributed by atoms with Crippen LogP contribution < -0.4 is 4.74 Å². The maximum Gasteiger partial charge on any atom is 0.144 e. The van der Waals surface area contributed by atoms with Gasteiger partial charge in [-0.05, 0) is 73.5 Å². The van der Waals surface area contributed by atoms with Gasteiger partial charge in [-0.2, -0.15) is 0 Å². The van der Waals surface area contributed by atoms with Crippen LogP contribution in [-0.4, -0.2) is 84.7 Å². The molecule has 3 heterocycles. The number of hydrogen-bond acceptors (Lipinski definition) is 7. The van der Waals surface area contributed by atoms with Crippen LogP contribution in [0.1, 0.15) is 48.5 Å². The van der Waals surface area contributed by atoms with Gasteiger partial charge in [0.1, 0.15) is 23.2 Å². The molecule has 5 rings (SSSR count). The predicted molar refractivity (Wildman–Crippen MR) is 157 cm³/mol. The third kappa shape index (κ3) is 7.48. The van der Waals surface area contributed by atoms with Crippen LogP contribution in [0.4, 0.5) is 13.2 Å². The number of halogens is 3. The molecule has 2 saturated heterocycles. The molecule has 0 spiro atoms. The summed E-state index contributed by atoms with van der Waals surface area (Å²) in [5.41, 5.74) is 1.80. The number of piperidine rings is 1. The highest BCUT2D eigenvalue weighted by molar-refractivity contribution is 5.85. The number of morpholine rings is 1. The van der Waals surface area contributed by atoms with E-state index in [9.17, 15) is 23.4 Å². The Morgan fingerprint density at radius 3 is 2.44 bits per heavy atom. The summed E-state index contributed by atoms with van der Waals surface area (Å²) in [7, 11) is 1.62. The van der Waals surface area contributed by atoms with Crippen molar-refractivity contribution in [1.29, 1.82) is 0 Å². The van der Waals surface area contributed by atoms with Gasteiger partial charge < -0.3 is 19.7 Å². The number of aliphatic hydroxyl groups excluding tert-OH is 2. The number of aromatic nitrogens is 1. The highest BCUT2D eigenvalue weighted by Gasteiger charge is 2.35. The van der Waals surface area contributed by atoms with Crippen LogP contribution in [0, 0.1) is 34.7 Å². The fourth-order valence-electron chi connectivity index (χ4n) is 6.04. The van der Waals surface area contributed by atoms with Crippen molar-refractivity contribution < 1.29 is 32.9 Å². The van der Waals surface area contributed by atoms with E-state index in [1.54, 1.807) is 7.11 Å². The van der Waals surface area contributed by atoms with E-state index >= 15 is 0 Å². The number of methoxy groups -OCH3 is 1. The van der Waals surface area contributed by atoms with E-state index in [4.69, 9.17) is 9.47 Å². The predicted octanol–water partition coefficient (Wildman–Crippen LogP) is 4.43. The Morgan fingerprint density at radius 1 is 1.05 bits per heavy atom. The van der Waals surface area contributed by atoms with Crippen LogP contribution in [0.25, 0.3) is 10.9 Å². The molecule has 43 heavy (non-hydrogen) atoms. The largest absolute Gasteiger partial charge is 0.497 e. The quantitative estimate of drug-likeness (QED) is 0.354. The van der Waals surface area contributed by atoms with E-state index in [-0.39, 0.29) is 12.0 Å². The SMILES string of the molecule is COc1ccc2ncc(CN3CCOCC3)c([C@H](O)CCC3(CO)CCN(CC#Cc4c(F)cc(F)cc4F)CC3)c2c1. The molecule has 0 radical (unpaired) electrons. The van der Waals surface area contributed by atoms with E-state index in [2.05, 4.69) is 26.6 Å². The van der Waals surface area contributed by atoms with Crippen LogP contribution in [0.3, 0.4) is 0 Å². The Kier molecular flexibility index (Phi) is 10.2. The molecule has 7 nitrogen and oxygen atoms in total. The molecule has 3 aromatic rings. The van der Waals surface area contributed by atoms with E-state index in [1.807, 2.05) is 24.4 Å². The van der Waals surface area contributed by atoms with Crippen LogP contribution in [0.5, 0.6) is 5.75 Å². The smallest absolute Gasteiger partial charge is 0.144 e. The molecule has 0 amide bonds. The van der Waals surface area contributed by atoms with Gasteiger partial charge >= 0.3 is 0 Å². The topological polar surface area (TPSA) is 78.3 Å². The van der Waals surface area contributed by atoms with Gasteiger partial charge in [0.25, 0.3) is 0 Å². The minimum absolute atomic E-state index is 0.00318. The van der Waals surface area contributed by atoms with Crippen LogP contribution in [0.15, 0.2) is 36.5 Å². The Labute approximate surface area is 250 Å². The van der Waals surface area contributed by atoms with Gasteiger partial charge in [0, 0.05) is 50.0 Å². The monoisotopic (exact) mass is 597 g/mol. The summed E-state index contributed by atoms with van der Waals surface area (Å²) in [4.78, 5) is 9.04. The van der Waals surface area contributed by atoms with Gasteiger partial charge in [0.2, 0.25) is 0 Å². The standard InChI is InChI=1S/C33H38F3N3O4/c1-42-25-4-5-30-27(19-25)32(23(20-37-30)21-39-13-15-43-16-14-39)31(41)6-7-33(22-40)8-11-38(12-9-33)10-2-3-26-28(35)17-24(34)18-29(26)36/h4-5,17-20,31,40-41H,6-16,21-22H2,1H3/t31-/m1/s1. The van der Waals surface area contributed by atoms with Crippen molar-refractivity contribution in [2.75, 3.05) is 59.7 Å². The first kappa shape index (κ1) is 31.2. The number of hydrogen-bond donors (Lipinski definition) is 2. The first-order valence-corrected chi connectivity index (χ1v) is 14.7. The normalized spacial score (nSPS) is 18.3. The molecular formula is C33H38F3N3O4. The average molecular weight is 598 g/mol. The molecular weight excluding hydrogens is 559 g/mol. The second-order valence-corrected chi connectivity index (χ2v) is 11.5. The second kappa shape index (κ2) is 14.1. The van der Waals surface area contributed by atoms with Crippen molar-refractivity contribution in [2.24, 2.45) is 5.41 Å². The number of benzene rings is 2. The van der Waals surface area contributed by atoms with Crippen molar-refractivity contribution in [3.05, 3.63) is 70.7 Å². The maximum absolute atomic E-state index is 13.9. The molecule has 0 aliphatic carbocycles. The highest BCUT2D eigenvalue weighted by atomic mass is 19.1. The summed E-state index contributed by atoms with van der Waals surface area (Å²) < 4.78 is 52.0. The van der Waals surface area contributed by atoms with E-state index in [1.165, 1.54) is 0 Å². The Balaban J connectivity index is 1.26. The molecule has 1 atom stereocenters. The van der Waals surface area contributed by atoms with Crippen molar-refractivity contribution in [3.8, 4) is 17.6 Å². The molecule has 2 aromatic carbocycles. The lowest BCUT2D eigenvalue weighted by Gasteiger charge is -2.40. The first-order valence-electron chi connectivity index (χ1n) is 14.7. The zero-order valence-corrected chi connectivity index (χ0v) is 24.4. The first-order chi connectivity index (χ1) is 20.8. The molecule has 230 valence electrons. The number of fused-ring (bicyclic) bond motifs is 1. The molecule has 2 N–H and O–H groups in total. The number of ether oxygens (including phenoxy) is 2. The summed E-state index contributed by atoms with van der Waals surface area (Å²) in [6.45, 7) is 5.23. The fraction of sp³-hybridized carbons (Fsp3) is 0.485. The van der Waals surface area contributed by atoms with Gasteiger partial charge in [0.05, 0.1) is 44.1 Å². The molecule has 2 aliphatic rings. The third-order valence-electron chi connectivity index (χ3n) is 8.75. The number of likely N-dealkylation sites (tertiary alicyclic amines) is 1. The van der Waals surface area contributed by atoms with Crippen LogP contribution in [0.2, 0.25) is 0 Å². The van der Waals surface area contributed by atoms with Gasteiger partial charge in [-0.1, -0.05) is 11.8 Å². The maximum atomic E-state index is 13.9. The molecule has 10 heteroatoms. The van der Waals surface area contributed by atoms with Crippen LogP contribution in [-0.2, 0) is 11.3 Å². The summed E-state index contributed by atoms with van der Waals surface area (Å²) in [5, 5.41) is 23.0. The molecule has 1 aromatic heterocycles. The lowest BCUT2D eigenvalue weighted by molar-refractivity contribution is 0.0262. The van der Waals surface area contributed by atoms with E-state index in [0.717, 1.165) is 35.1 Å². The molecule has 0 bridgehead atoms. The molecule has 0 unspecified atom stereocenters. The Bertz CT molecular complexity index is 1450. The lowest BCUT2D eigenvalue weighted by Crippen LogP contribution is -2.42. The Hall–Kier alpha value is -3.20. The molecule has 2 fully saturated rings. The number of pyridine rings is 1. The molecule has 0 saturated carbocycles. The third-order valence-corrected chi connectivity index (χ3v) is 8.75. The summed E-state index contributed by atoms with van der Waals surface area (Å²) in [5.74, 6) is 2.97. The van der Waals surface area contributed by atoms with Crippen molar-refractivity contribution in [3.63, 3.8) is 0 Å². The zero-order chi connectivity index (χ0) is 30.4. The van der Waals surface area contributed by atoms with E-state index < -0.39 is 29.1 Å². The number of nitrogens with zero attached hydrogens (tertiary/aromatic N) is 3. The minimum atomic E-state index is -1.02. The van der Waals surface area contributed by atoms with Crippen LogP contribution >= 0.6 is 0 Å². The van der Waals surface area contributed by atoms with E-state index in [0.29, 0.717) is 83.0 Å². The summed E-state index contributed by atoms with van der Waals surface area (Å²) >= 11 is 0. The number of rotatable bonds is 9. The summed E-state index contributed by atoms with van der Waals surface area (Å²) in [6.07, 6.45) is 3.58. The molecule has 2 aliphatic heterocycles. The average Bonchev–Trinajstić information content (AvgIpc) is 3.02. The minimum Gasteiger partial charge on any atom is -0.497 e. The van der Waals surface area contributed by atoms with Crippen molar-refractivity contribution in [1.82, 2.24) is 14.8 Å². The zero-order valence-electron chi connectivity index (χ0n) is 24.4. The second-order valence-electron chi connectivity index (χ2n) is 11.5. The van der Waals surface area contributed by atoms with Crippen molar-refractivity contribution >= 4 is 10.9 Å². The van der Waals surface area contributed by atoms with Gasteiger partial charge in [-0.3, -0.25) is 14.8 Å². The summed E-state index contributed by atoms with van der Waals surface area (Å²) in [6, 6.07) is 6.92. The fourth-order valence-corrected chi connectivity index (χ4v) is 6.04. The highest BCUT2D eigenvalue weighted by Crippen LogP contribution is 2.40. The van der Waals surface area contributed by atoms with Gasteiger partial charge in [-0.25, -0.2) is 13.2 Å². The number of aliphatic hydroxyl groups is 2. The van der Waals surface area contributed by atoms with Gasteiger partial charge in [-0.15, -0.1) is 0 Å². The lowest BCUT2D eigenvalue weighted by atomic mass is 9.74. The van der Waals surface area contributed by atoms with Gasteiger partial charge in [0.15, 0.2) is 0 Å². The van der Waals surface area contributed by atoms with Crippen molar-refractivity contribution in [2.45, 2.75) is 38.3 Å². The Morgan fingerprint density at radius 2 is 1.77 bits per heavy atom.